The van der Waals surface area contributed by atoms with Crippen LogP contribution in [0.25, 0.3) is 0 Å². The second kappa shape index (κ2) is 5.91. The zero-order valence-corrected chi connectivity index (χ0v) is 12.8. The van der Waals surface area contributed by atoms with E-state index in [2.05, 4.69) is 4.72 Å². The zero-order valence-electron chi connectivity index (χ0n) is 11.2. The highest BCUT2D eigenvalue weighted by Gasteiger charge is 2.34. The average Bonchev–Trinajstić information content (AvgIpc) is 3.06. The molecule has 0 atom stereocenters. The summed E-state index contributed by atoms with van der Waals surface area (Å²) in [5.41, 5.74) is -0.252. The molecule has 108 valence electrons. The van der Waals surface area contributed by atoms with Gasteiger partial charge in [0.25, 0.3) is 0 Å². The Balaban J connectivity index is 2.05. The molecule has 0 amide bonds. The second-order valence-electron chi connectivity index (χ2n) is 5.26. The predicted molar refractivity (Wildman–Crippen MR) is 76.9 cm³/mol. The van der Waals surface area contributed by atoms with Crippen LogP contribution in [0, 0.1) is 5.41 Å². The van der Waals surface area contributed by atoms with Gasteiger partial charge in [0.2, 0.25) is 10.0 Å². The molecule has 0 saturated heterocycles. The maximum Gasteiger partial charge on any atom is 0.250 e. The lowest BCUT2D eigenvalue weighted by molar-refractivity contribution is 0.134. The highest BCUT2D eigenvalue weighted by molar-refractivity contribution is 7.91. The van der Waals surface area contributed by atoms with Crippen LogP contribution in [-0.2, 0) is 16.4 Å². The summed E-state index contributed by atoms with van der Waals surface area (Å²) >= 11 is 1.32. The van der Waals surface area contributed by atoms with E-state index in [0.717, 1.165) is 37.0 Å². The van der Waals surface area contributed by atoms with E-state index in [1.165, 1.54) is 11.3 Å². The van der Waals surface area contributed by atoms with Crippen LogP contribution in [-0.4, -0.2) is 26.7 Å². The number of aliphatic hydroxyl groups excluding tert-OH is 1. The number of aryl methyl sites for hydroxylation is 1. The SMILES string of the molecule is CCc1ccc(S(=O)(=O)NCC2(CO)CCCC2)s1. The summed E-state index contributed by atoms with van der Waals surface area (Å²) in [6.07, 6.45) is 4.79. The van der Waals surface area contributed by atoms with Crippen molar-refractivity contribution in [2.75, 3.05) is 13.2 Å². The Kier molecular flexibility index (Phi) is 4.66. The first-order chi connectivity index (χ1) is 9.01. The van der Waals surface area contributed by atoms with E-state index in [9.17, 15) is 13.5 Å². The predicted octanol–water partition coefficient (Wildman–Crippen LogP) is 2.14. The van der Waals surface area contributed by atoms with Crippen LogP contribution < -0.4 is 4.72 Å². The van der Waals surface area contributed by atoms with Crippen molar-refractivity contribution in [3.8, 4) is 0 Å². The van der Waals surface area contributed by atoms with Gasteiger partial charge in [0.15, 0.2) is 0 Å². The number of thiophene rings is 1. The van der Waals surface area contributed by atoms with Crippen molar-refractivity contribution in [2.45, 2.75) is 43.2 Å². The van der Waals surface area contributed by atoms with E-state index in [1.807, 2.05) is 13.0 Å². The number of sulfonamides is 1. The summed E-state index contributed by atoms with van der Waals surface area (Å²) in [6, 6.07) is 3.52. The van der Waals surface area contributed by atoms with E-state index in [0.29, 0.717) is 10.8 Å². The zero-order chi connectivity index (χ0) is 13.9. The lowest BCUT2D eigenvalue weighted by atomic mass is 9.88. The first-order valence-corrected chi connectivity index (χ1v) is 9.00. The van der Waals surface area contributed by atoms with E-state index in [1.54, 1.807) is 6.07 Å². The fourth-order valence-electron chi connectivity index (χ4n) is 2.53. The van der Waals surface area contributed by atoms with Crippen LogP contribution >= 0.6 is 11.3 Å². The molecule has 2 N–H and O–H groups in total. The molecular weight excluding hydrogens is 282 g/mol. The molecule has 0 aliphatic heterocycles. The highest BCUT2D eigenvalue weighted by atomic mass is 32.2. The largest absolute Gasteiger partial charge is 0.396 e. The van der Waals surface area contributed by atoms with Gasteiger partial charge in [-0.25, -0.2) is 13.1 Å². The van der Waals surface area contributed by atoms with Crippen molar-refractivity contribution in [3.63, 3.8) is 0 Å². The molecule has 1 heterocycles. The molecule has 6 heteroatoms. The van der Waals surface area contributed by atoms with Gasteiger partial charge in [-0.2, -0.15) is 0 Å². The van der Waals surface area contributed by atoms with Crippen LogP contribution in [0.2, 0.25) is 0 Å². The minimum absolute atomic E-state index is 0.0557. The number of rotatable bonds is 6. The molecule has 1 aliphatic carbocycles. The molecule has 1 aliphatic rings. The molecule has 2 rings (SSSR count). The fourth-order valence-corrected chi connectivity index (χ4v) is 5.03. The monoisotopic (exact) mass is 303 g/mol. The second-order valence-corrected chi connectivity index (χ2v) is 8.43. The summed E-state index contributed by atoms with van der Waals surface area (Å²) in [4.78, 5) is 1.07. The van der Waals surface area contributed by atoms with Gasteiger partial charge in [0.1, 0.15) is 4.21 Å². The molecule has 0 spiro atoms. The normalized spacial score (nSPS) is 18.8. The summed E-state index contributed by atoms with van der Waals surface area (Å²) in [5, 5.41) is 9.49. The van der Waals surface area contributed by atoms with Crippen LogP contribution in [0.1, 0.15) is 37.5 Å². The number of aliphatic hydroxyl groups is 1. The topological polar surface area (TPSA) is 66.4 Å². The van der Waals surface area contributed by atoms with Gasteiger partial charge < -0.3 is 5.11 Å². The van der Waals surface area contributed by atoms with Crippen molar-refractivity contribution in [1.82, 2.24) is 4.72 Å². The molecule has 0 aromatic carbocycles. The van der Waals surface area contributed by atoms with E-state index >= 15 is 0 Å². The molecular formula is C13H21NO3S2. The molecule has 0 unspecified atom stereocenters. The van der Waals surface area contributed by atoms with Gasteiger partial charge >= 0.3 is 0 Å². The third kappa shape index (κ3) is 3.37. The lowest BCUT2D eigenvalue weighted by Crippen LogP contribution is -2.38. The van der Waals surface area contributed by atoms with E-state index in [4.69, 9.17) is 0 Å². The fraction of sp³-hybridized carbons (Fsp3) is 0.692. The molecule has 19 heavy (non-hydrogen) atoms. The van der Waals surface area contributed by atoms with Gasteiger partial charge in [-0.05, 0) is 31.4 Å². The quantitative estimate of drug-likeness (QED) is 0.846. The lowest BCUT2D eigenvalue weighted by Gasteiger charge is -2.26. The van der Waals surface area contributed by atoms with Crippen LogP contribution in [0.4, 0.5) is 0 Å². The summed E-state index contributed by atoms with van der Waals surface area (Å²) in [5.74, 6) is 0. The Morgan fingerprint density at radius 2 is 2.05 bits per heavy atom. The Bertz CT molecular complexity index is 516. The molecule has 1 aromatic rings. The standard InChI is InChI=1S/C13H21NO3S2/c1-2-11-5-6-12(18-11)19(16,17)14-9-13(10-15)7-3-4-8-13/h5-6,14-15H,2-4,7-10H2,1H3. The van der Waals surface area contributed by atoms with Crippen molar-refractivity contribution < 1.29 is 13.5 Å². The van der Waals surface area contributed by atoms with Crippen molar-refractivity contribution in [1.29, 1.82) is 0 Å². The maximum atomic E-state index is 12.2. The minimum Gasteiger partial charge on any atom is -0.396 e. The number of hydrogen-bond acceptors (Lipinski definition) is 4. The first kappa shape index (κ1) is 15.0. The maximum absolute atomic E-state index is 12.2. The van der Waals surface area contributed by atoms with Gasteiger partial charge in [0, 0.05) is 23.4 Å². The number of nitrogens with one attached hydrogen (secondary N) is 1. The van der Waals surface area contributed by atoms with Gasteiger partial charge in [-0.1, -0.05) is 19.8 Å². The van der Waals surface area contributed by atoms with Gasteiger partial charge in [0.05, 0.1) is 0 Å². The molecule has 4 nitrogen and oxygen atoms in total. The van der Waals surface area contributed by atoms with E-state index in [-0.39, 0.29) is 12.0 Å². The van der Waals surface area contributed by atoms with Crippen LogP contribution in [0.3, 0.4) is 0 Å². The van der Waals surface area contributed by atoms with Crippen LogP contribution in [0.5, 0.6) is 0 Å². The van der Waals surface area contributed by atoms with Crippen molar-refractivity contribution in [3.05, 3.63) is 17.0 Å². The molecule has 0 bridgehead atoms. The Morgan fingerprint density at radius 3 is 2.58 bits per heavy atom. The van der Waals surface area contributed by atoms with Crippen molar-refractivity contribution >= 4 is 21.4 Å². The summed E-state index contributed by atoms with van der Waals surface area (Å²) < 4.78 is 27.4. The molecule has 1 fully saturated rings. The average molecular weight is 303 g/mol. The summed E-state index contributed by atoms with van der Waals surface area (Å²) in [6.45, 7) is 2.40. The third-order valence-electron chi connectivity index (χ3n) is 3.89. The molecule has 1 saturated carbocycles. The smallest absolute Gasteiger partial charge is 0.250 e. The van der Waals surface area contributed by atoms with Crippen LogP contribution in [0.15, 0.2) is 16.3 Å². The Labute approximate surface area is 118 Å². The Hall–Kier alpha value is -0.430. The molecule has 0 radical (unpaired) electrons. The first-order valence-electron chi connectivity index (χ1n) is 6.71. The minimum atomic E-state index is -3.43. The third-order valence-corrected chi connectivity index (χ3v) is 7.01. The molecule has 1 aromatic heterocycles. The highest BCUT2D eigenvalue weighted by Crippen LogP contribution is 2.37. The van der Waals surface area contributed by atoms with E-state index < -0.39 is 10.0 Å². The van der Waals surface area contributed by atoms with Gasteiger partial charge in [-0.15, -0.1) is 11.3 Å². The number of hydrogen-bond donors (Lipinski definition) is 2. The summed E-state index contributed by atoms with van der Waals surface area (Å²) in [7, 11) is -3.43. The van der Waals surface area contributed by atoms with Gasteiger partial charge in [-0.3, -0.25) is 0 Å². The van der Waals surface area contributed by atoms with Crippen molar-refractivity contribution in [2.24, 2.45) is 5.41 Å². The Morgan fingerprint density at radius 1 is 1.37 bits per heavy atom.